The van der Waals surface area contributed by atoms with Crippen molar-refractivity contribution in [2.24, 2.45) is 5.10 Å². The van der Waals surface area contributed by atoms with E-state index >= 15 is 0 Å². The van der Waals surface area contributed by atoms with Crippen LogP contribution in [0, 0.1) is 6.92 Å². The molecule has 0 aliphatic rings. The molecule has 5 nitrogen and oxygen atoms in total. The van der Waals surface area contributed by atoms with Crippen LogP contribution < -0.4 is 14.9 Å². The number of ether oxygens (including phenoxy) is 2. The molecule has 0 saturated carbocycles. The van der Waals surface area contributed by atoms with Gasteiger partial charge >= 0.3 is 0 Å². The van der Waals surface area contributed by atoms with Crippen molar-refractivity contribution in [2.75, 3.05) is 14.2 Å². The molecule has 2 aromatic carbocycles. The molecule has 2 rings (SSSR count). The summed E-state index contributed by atoms with van der Waals surface area (Å²) in [7, 11) is 3.08. The molecular weight excluding hydrogens is 304 g/mol. The molecule has 0 aliphatic heterocycles. The minimum absolute atomic E-state index is 0.297. The van der Waals surface area contributed by atoms with Gasteiger partial charge in [-0.05, 0) is 37.1 Å². The molecule has 5 heteroatoms. The Hall–Kier alpha value is -2.82. The van der Waals surface area contributed by atoms with E-state index in [9.17, 15) is 4.79 Å². The van der Waals surface area contributed by atoms with Crippen LogP contribution in [0.25, 0.3) is 0 Å². The molecule has 0 aromatic heterocycles. The van der Waals surface area contributed by atoms with Gasteiger partial charge in [-0.3, -0.25) is 4.79 Å². The zero-order valence-electron chi connectivity index (χ0n) is 14.4. The van der Waals surface area contributed by atoms with Crippen LogP contribution in [0.1, 0.15) is 34.8 Å². The number of nitrogens with zero attached hydrogens (tertiary/aromatic N) is 1. The van der Waals surface area contributed by atoms with Crippen molar-refractivity contribution >= 4 is 11.6 Å². The zero-order valence-corrected chi connectivity index (χ0v) is 14.4. The maximum atomic E-state index is 12.3. The van der Waals surface area contributed by atoms with E-state index < -0.39 is 0 Å². The molecule has 126 valence electrons. The van der Waals surface area contributed by atoms with Crippen LogP contribution in [0.15, 0.2) is 47.6 Å². The Morgan fingerprint density at radius 2 is 1.62 bits per heavy atom. The number of rotatable bonds is 6. The lowest BCUT2D eigenvalue weighted by molar-refractivity contribution is 0.0954. The second kappa shape index (κ2) is 8.15. The number of hydrogen-bond donors (Lipinski definition) is 1. The van der Waals surface area contributed by atoms with E-state index in [1.54, 1.807) is 25.3 Å². The highest BCUT2D eigenvalue weighted by Crippen LogP contribution is 2.27. The Balaban J connectivity index is 2.17. The summed E-state index contributed by atoms with van der Waals surface area (Å²) in [5, 5.41) is 4.26. The summed E-state index contributed by atoms with van der Waals surface area (Å²) in [4.78, 5) is 12.3. The van der Waals surface area contributed by atoms with Crippen molar-refractivity contribution in [3.05, 3.63) is 59.2 Å². The van der Waals surface area contributed by atoms with Crippen molar-refractivity contribution < 1.29 is 14.3 Å². The number of methoxy groups -OCH3 is 2. The van der Waals surface area contributed by atoms with Crippen LogP contribution in [0.5, 0.6) is 11.5 Å². The van der Waals surface area contributed by atoms with E-state index in [1.165, 1.54) is 12.7 Å². The highest BCUT2D eigenvalue weighted by Gasteiger charge is 2.11. The second-order valence-corrected chi connectivity index (χ2v) is 5.29. The molecule has 1 amide bonds. The van der Waals surface area contributed by atoms with Gasteiger partial charge in [0.15, 0.2) is 11.5 Å². The number of aryl methyl sites for hydroxylation is 1. The topological polar surface area (TPSA) is 59.9 Å². The molecule has 0 aliphatic carbocycles. The van der Waals surface area contributed by atoms with Crippen LogP contribution in [-0.4, -0.2) is 25.8 Å². The maximum absolute atomic E-state index is 12.3. The lowest BCUT2D eigenvalue weighted by Crippen LogP contribution is -2.20. The fourth-order valence-electron chi connectivity index (χ4n) is 2.25. The highest BCUT2D eigenvalue weighted by molar-refractivity contribution is 6.02. The van der Waals surface area contributed by atoms with Crippen LogP contribution in [0.3, 0.4) is 0 Å². The quantitative estimate of drug-likeness (QED) is 0.652. The number of nitrogens with one attached hydrogen (secondary N) is 1. The Morgan fingerprint density at radius 3 is 2.21 bits per heavy atom. The average Bonchev–Trinajstić information content (AvgIpc) is 2.62. The molecule has 1 N–H and O–H groups in total. The van der Waals surface area contributed by atoms with Gasteiger partial charge in [-0.15, -0.1) is 0 Å². The minimum Gasteiger partial charge on any atom is -0.493 e. The molecule has 0 bridgehead atoms. The highest BCUT2D eigenvalue weighted by atomic mass is 16.5. The molecule has 24 heavy (non-hydrogen) atoms. The normalized spacial score (nSPS) is 11.1. The molecule has 0 fully saturated rings. The van der Waals surface area contributed by atoms with Gasteiger partial charge in [0.05, 0.1) is 19.9 Å². The first-order valence-corrected chi connectivity index (χ1v) is 7.75. The Labute approximate surface area is 142 Å². The number of benzene rings is 2. The molecule has 2 aromatic rings. The largest absolute Gasteiger partial charge is 0.493 e. The van der Waals surface area contributed by atoms with E-state index in [1.807, 2.05) is 38.1 Å². The van der Waals surface area contributed by atoms with Crippen molar-refractivity contribution in [1.29, 1.82) is 0 Å². The first-order chi connectivity index (χ1) is 11.6. The Kier molecular flexibility index (Phi) is 5.95. The van der Waals surface area contributed by atoms with Gasteiger partial charge in [-0.25, -0.2) is 5.43 Å². The maximum Gasteiger partial charge on any atom is 0.271 e. The molecule has 0 atom stereocenters. The van der Waals surface area contributed by atoms with Crippen molar-refractivity contribution in [2.45, 2.75) is 20.3 Å². The summed E-state index contributed by atoms with van der Waals surface area (Å²) in [6, 6.07) is 13.0. The summed E-state index contributed by atoms with van der Waals surface area (Å²) < 4.78 is 10.4. The van der Waals surface area contributed by atoms with Gasteiger partial charge in [0.2, 0.25) is 0 Å². The summed E-state index contributed by atoms with van der Waals surface area (Å²) in [5.41, 5.74) is 6.06. The lowest BCUT2D eigenvalue weighted by Gasteiger charge is -2.09. The SMILES string of the molecule is CC/C(=N/NC(=O)c1ccc(OC)c(OC)c1)c1ccc(C)cc1. The van der Waals surface area contributed by atoms with Crippen LogP contribution >= 0.6 is 0 Å². The van der Waals surface area contributed by atoms with E-state index in [0.29, 0.717) is 17.1 Å². The van der Waals surface area contributed by atoms with E-state index in [-0.39, 0.29) is 5.91 Å². The van der Waals surface area contributed by atoms with Gasteiger partial charge in [0.25, 0.3) is 5.91 Å². The standard InChI is InChI=1S/C19H22N2O3/c1-5-16(14-8-6-13(2)7-9-14)20-21-19(22)15-10-11-17(23-3)18(12-15)24-4/h6-12H,5H2,1-4H3,(H,21,22)/b20-16-. The van der Waals surface area contributed by atoms with E-state index in [4.69, 9.17) is 9.47 Å². The van der Waals surface area contributed by atoms with Crippen molar-refractivity contribution in [3.63, 3.8) is 0 Å². The molecule has 0 radical (unpaired) electrons. The lowest BCUT2D eigenvalue weighted by atomic mass is 10.1. The fraction of sp³-hybridized carbons (Fsp3) is 0.263. The van der Waals surface area contributed by atoms with Crippen molar-refractivity contribution in [3.8, 4) is 11.5 Å². The summed E-state index contributed by atoms with van der Waals surface area (Å²) >= 11 is 0. The first-order valence-electron chi connectivity index (χ1n) is 7.75. The number of carbonyl (C=O) groups excluding carboxylic acids is 1. The van der Waals surface area contributed by atoms with Gasteiger partial charge in [-0.1, -0.05) is 36.8 Å². The van der Waals surface area contributed by atoms with Gasteiger partial charge in [0.1, 0.15) is 0 Å². The summed E-state index contributed by atoms with van der Waals surface area (Å²) in [5.74, 6) is 0.781. The van der Waals surface area contributed by atoms with Crippen LogP contribution in [-0.2, 0) is 0 Å². The molecular formula is C19H22N2O3. The second-order valence-electron chi connectivity index (χ2n) is 5.29. The number of carbonyl (C=O) groups is 1. The zero-order chi connectivity index (χ0) is 17.5. The van der Waals surface area contributed by atoms with Crippen LogP contribution in [0.2, 0.25) is 0 Å². The average molecular weight is 326 g/mol. The molecule has 0 heterocycles. The molecule has 0 unspecified atom stereocenters. The third kappa shape index (κ3) is 4.13. The fourth-order valence-corrected chi connectivity index (χ4v) is 2.25. The Bertz CT molecular complexity index is 737. The van der Waals surface area contributed by atoms with Crippen molar-refractivity contribution in [1.82, 2.24) is 5.43 Å². The monoisotopic (exact) mass is 326 g/mol. The smallest absolute Gasteiger partial charge is 0.271 e. The molecule has 0 saturated heterocycles. The van der Waals surface area contributed by atoms with Gasteiger partial charge < -0.3 is 9.47 Å². The number of hydrazone groups is 1. The summed E-state index contributed by atoms with van der Waals surface area (Å²) in [6.07, 6.45) is 0.718. The number of hydrogen-bond acceptors (Lipinski definition) is 4. The number of amides is 1. The minimum atomic E-state index is -0.297. The first kappa shape index (κ1) is 17.5. The predicted molar refractivity (Wildman–Crippen MR) is 95.0 cm³/mol. The molecule has 0 spiro atoms. The predicted octanol–water partition coefficient (Wildman–Crippen LogP) is 3.56. The van der Waals surface area contributed by atoms with Crippen LogP contribution in [0.4, 0.5) is 0 Å². The summed E-state index contributed by atoms with van der Waals surface area (Å²) in [6.45, 7) is 4.03. The van der Waals surface area contributed by atoms with E-state index in [2.05, 4.69) is 10.5 Å². The third-order valence-corrected chi connectivity index (χ3v) is 3.66. The third-order valence-electron chi connectivity index (χ3n) is 3.66. The van der Waals surface area contributed by atoms with E-state index in [0.717, 1.165) is 17.7 Å². The van der Waals surface area contributed by atoms with Gasteiger partial charge in [-0.2, -0.15) is 5.10 Å². The van der Waals surface area contributed by atoms with Gasteiger partial charge in [0, 0.05) is 5.56 Å². The Morgan fingerprint density at radius 1 is 1.00 bits per heavy atom.